The van der Waals surface area contributed by atoms with Crippen molar-refractivity contribution in [2.24, 2.45) is 11.8 Å². The number of hydrogen-bond acceptors (Lipinski definition) is 3. The molecule has 1 aromatic carbocycles. The smallest absolute Gasteiger partial charge is 0.233 e. The molecule has 2 aliphatic rings. The van der Waals surface area contributed by atoms with Gasteiger partial charge < -0.3 is 5.32 Å². The van der Waals surface area contributed by atoms with Crippen molar-refractivity contribution in [2.45, 2.75) is 64.7 Å². The summed E-state index contributed by atoms with van der Waals surface area (Å²) in [6.07, 6.45) is 8.48. The Kier molecular flexibility index (Phi) is 6.64. The molecular formula is C22H30N2O3. The monoisotopic (exact) mass is 370 g/mol. The molecule has 3 rings (SSSR count). The first-order chi connectivity index (χ1) is 13.1. The van der Waals surface area contributed by atoms with E-state index in [9.17, 15) is 14.4 Å². The van der Waals surface area contributed by atoms with Crippen molar-refractivity contribution in [3.05, 3.63) is 29.8 Å². The van der Waals surface area contributed by atoms with E-state index in [0.717, 1.165) is 37.8 Å². The summed E-state index contributed by atoms with van der Waals surface area (Å²) in [5, 5.41) is 2.86. The first-order valence-corrected chi connectivity index (χ1v) is 10.3. The highest BCUT2D eigenvalue weighted by atomic mass is 16.2. The maximum absolute atomic E-state index is 12.4. The summed E-state index contributed by atoms with van der Waals surface area (Å²) >= 11 is 0. The molecule has 146 valence electrons. The maximum atomic E-state index is 12.4. The Bertz CT molecular complexity index is 659. The lowest BCUT2D eigenvalue weighted by Gasteiger charge is -2.19. The third-order valence-electron chi connectivity index (χ3n) is 5.80. The Morgan fingerprint density at radius 1 is 1.04 bits per heavy atom. The lowest BCUT2D eigenvalue weighted by molar-refractivity contribution is -0.140. The maximum Gasteiger partial charge on any atom is 0.233 e. The lowest BCUT2D eigenvalue weighted by atomic mass is 9.81. The van der Waals surface area contributed by atoms with Gasteiger partial charge in [0.15, 0.2) is 0 Å². The van der Waals surface area contributed by atoms with Gasteiger partial charge in [-0.15, -0.1) is 0 Å². The number of anilines is 1. The molecule has 1 N–H and O–H groups in total. The highest BCUT2D eigenvalue weighted by Crippen LogP contribution is 2.37. The van der Waals surface area contributed by atoms with E-state index in [2.05, 4.69) is 12.2 Å². The summed E-state index contributed by atoms with van der Waals surface area (Å²) in [5.41, 5.74) is 2.03. The van der Waals surface area contributed by atoms with Crippen molar-refractivity contribution in [3.63, 3.8) is 0 Å². The molecule has 1 aliphatic carbocycles. The predicted molar refractivity (Wildman–Crippen MR) is 105 cm³/mol. The Labute approximate surface area is 161 Å². The lowest BCUT2D eigenvalue weighted by Crippen LogP contribution is -2.34. The number of nitrogens with zero attached hydrogens (tertiary/aromatic N) is 1. The van der Waals surface area contributed by atoms with Gasteiger partial charge in [-0.05, 0) is 43.4 Å². The number of nitrogens with one attached hydrogen (secondary N) is 1. The van der Waals surface area contributed by atoms with E-state index < -0.39 is 0 Å². The first-order valence-electron chi connectivity index (χ1n) is 10.3. The van der Waals surface area contributed by atoms with Gasteiger partial charge in [-0.1, -0.05) is 44.7 Å². The number of unbranched alkanes of at least 4 members (excludes halogenated alkanes) is 2. The van der Waals surface area contributed by atoms with Crippen LogP contribution in [0.2, 0.25) is 0 Å². The number of benzene rings is 1. The van der Waals surface area contributed by atoms with Crippen LogP contribution in [0.1, 0.15) is 63.9 Å². The van der Waals surface area contributed by atoms with Gasteiger partial charge in [0.05, 0.1) is 11.8 Å². The average Bonchev–Trinajstić information content (AvgIpc) is 2.92. The molecule has 2 fully saturated rings. The third-order valence-corrected chi connectivity index (χ3v) is 5.80. The van der Waals surface area contributed by atoms with E-state index in [1.165, 1.54) is 29.7 Å². The summed E-state index contributed by atoms with van der Waals surface area (Å²) in [6.45, 7) is 2.38. The molecule has 5 nitrogen and oxygen atoms in total. The van der Waals surface area contributed by atoms with Crippen LogP contribution in [0, 0.1) is 11.8 Å². The molecule has 1 aromatic rings. The number of hydrogen-bond donors (Lipinski definition) is 1. The van der Waals surface area contributed by atoms with Crippen LogP contribution in [-0.4, -0.2) is 29.2 Å². The summed E-state index contributed by atoms with van der Waals surface area (Å²) < 4.78 is 0. The SMILES string of the molecule is CCCCCc1ccc(NC(=O)CCN2C(=O)[C@H]3CCCC[C@H]3C2=O)cc1. The van der Waals surface area contributed by atoms with Crippen molar-refractivity contribution in [3.8, 4) is 0 Å². The zero-order valence-corrected chi connectivity index (χ0v) is 16.2. The van der Waals surface area contributed by atoms with Crippen LogP contribution in [0.5, 0.6) is 0 Å². The molecule has 2 atom stereocenters. The van der Waals surface area contributed by atoms with Crippen molar-refractivity contribution < 1.29 is 14.4 Å². The topological polar surface area (TPSA) is 66.5 Å². The fourth-order valence-corrected chi connectivity index (χ4v) is 4.22. The molecule has 1 heterocycles. The highest BCUT2D eigenvalue weighted by Gasteiger charge is 2.47. The number of aryl methyl sites for hydroxylation is 1. The Morgan fingerprint density at radius 3 is 2.26 bits per heavy atom. The second-order valence-electron chi connectivity index (χ2n) is 7.78. The van der Waals surface area contributed by atoms with E-state index in [1.54, 1.807) is 0 Å². The van der Waals surface area contributed by atoms with Gasteiger partial charge in [0.25, 0.3) is 0 Å². The summed E-state index contributed by atoms with van der Waals surface area (Å²) in [6, 6.07) is 7.92. The molecular weight excluding hydrogens is 340 g/mol. The fourth-order valence-electron chi connectivity index (χ4n) is 4.22. The minimum absolute atomic E-state index is 0.0751. The van der Waals surface area contributed by atoms with E-state index >= 15 is 0 Å². The molecule has 0 bridgehead atoms. The third kappa shape index (κ3) is 4.76. The van der Waals surface area contributed by atoms with Gasteiger partial charge in [-0.3, -0.25) is 19.3 Å². The molecule has 0 spiro atoms. The van der Waals surface area contributed by atoms with Gasteiger partial charge in [-0.25, -0.2) is 0 Å². The first kappa shape index (κ1) is 19.6. The number of likely N-dealkylation sites (tertiary alicyclic amines) is 1. The zero-order valence-electron chi connectivity index (χ0n) is 16.2. The van der Waals surface area contributed by atoms with Crippen LogP contribution in [-0.2, 0) is 20.8 Å². The Balaban J connectivity index is 1.47. The van der Waals surface area contributed by atoms with Crippen LogP contribution < -0.4 is 5.32 Å². The molecule has 1 aliphatic heterocycles. The van der Waals surface area contributed by atoms with Crippen LogP contribution in [0.4, 0.5) is 5.69 Å². The van der Waals surface area contributed by atoms with Gasteiger partial charge in [0.2, 0.25) is 17.7 Å². The van der Waals surface area contributed by atoms with E-state index in [1.807, 2.05) is 24.3 Å². The molecule has 3 amide bonds. The summed E-state index contributed by atoms with van der Waals surface area (Å²) in [4.78, 5) is 38.4. The molecule has 1 saturated heterocycles. The summed E-state index contributed by atoms with van der Waals surface area (Å²) in [7, 11) is 0. The van der Waals surface area contributed by atoms with E-state index in [4.69, 9.17) is 0 Å². The Hall–Kier alpha value is -2.17. The second-order valence-corrected chi connectivity index (χ2v) is 7.78. The van der Waals surface area contributed by atoms with Crippen LogP contribution >= 0.6 is 0 Å². The van der Waals surface area contributed by atoms with Crippen LogP contribution in [0.25, 0.3) is 0 Å². The number of carbonyl (C=O) groups excluding carboxylic acids is 3. The summed E-state index contributed by atoms with van der Waals surface area (Å²) in [5.74, 6) is -0.601. The molecule has 0 aromatic heterocycles. The fraction of sp³-hybridized carbons (Fsp3) is 0.591. The van der Waals surface area contributed by atoms with E-state index in [0.29, 0.717) is 0 Å². The quantitative estimate of drug-likeness (QED) is 0.557. The largest absolute Gasteiger partial charge is 0.326 e. The number of amides is 3. The minimum Gasteiger partial charge on any atom is -0.326 e. The van der Waals surface area contributed by atoms with Crippen molar-refractivity contribution in [2.75, 3.05) is 11.9 Å². The van der Waals surface area contributed by atoms with E-state index in [-0.39, 0.29) is 42.5 Å². The van der Waals surface area contributed by atoms with Gasteiger partial charge >= 0.3 is 0 Å². The van der Waals surface area contributed by atoms with Crippen molar-refractivity contribution in [1.29, 1.82) is 0 Å². The molecule has 0 radical (unpaired) electrons. The van der Waals surface area contributed by atoms with Gasteiger partial charge in [0.1, 0.15) is 0 Å². The standard InChI is InChI=1S/C22H30N2O3/c1-2-3-4-7-16-10-12-17(13-11-16)23-20(25)14-15-24-21(26)18-8-5-6-9-19(18)22(24)27/h10-13,18-19H,2-9,14-15H2,1H3,(H,23,25)/t18-,19+. The number of rotatable bonds is 8. The zero-order chi connectivity index (χ0) is 19.2. The predicted octanol–water partition coefficient (Wildman–Crippen LogP) is 3.92. The normalized spacial score (nSPS) is 22.0. The van der Waals surface area contributed by atoms with Crippen LogP contribution in [0.15, 0.2) is 24.3 Å². The van der Waals surface area contributed by atoms with Crippen molar-refractivity contribution in [1.82, 2.24) is 4.90 Å². The number of carbonyl (C=O) groups is 3. The number of imide groups is 1. The Morgan fingerprint density at radius 2 is 1.67 bits per heavy atom. The number of fused-ring (bicyclic) bond motifs is 1. The molecule has 1 saturated carbocycles. The highest BCUT2D eigenvalue weighted by molar-refractivity contribution is 6.05. The van der Waals surface area contributed by atoms with Gasteiger partial charge in [0, 0.05) is 18.7 Å². The van der Waals surface area contributed by atoms with Gasteiger partial charge in [-0.2, -0.15) is 0 Å². The molecule has 0 unspecified atom stereocenters. The minimum atomic E-state index is -0.163. The molecule has 27 heavy (non-hydrogen) atoms. The second kappa shape index (κ2) is 9.16. The van der Waals surface area contributed by atoms with Crippen LogP contribution in [0.3, 0.4) is 0 Å². The van der Waals surface area contributed by atoms with Crippen molar-refractivity contribution >= 4 is 23.4 Å². The average molecular weight is 370 g/mol. The molecule has 5 heteroatoms.